The SMILES string of the molecule is Cc1ccccc1C1CC(O)C(O)C1NC(=O)c1ccccn1. The Bertz CT molecular complexity index is 690. The van der Waals surface area contributed by atoms with Crippen LogP contribution in [0, 0.1) is 6.92 Å². The molecule has 0 saturated heterocycles. The number of carbonyl (C=O) groups excluding carboxylic acids is 1. The molecule has 0 bridgehead atoms. The first-order chi connectivity index (χ1) is 11.1. The number of amides is 1. The summed E-state index contributed by atoms with van der Waals surface area (Å²) < 4.78 is 0. The van der Waals surface area contributed by atoms with E-state index in [-0.39, 0.29) is 11.8 Å². The molecule has 5 heteroatoms. The fraction of sp³-hybridized carbons (Fsp3) is 0.333. The van der Waals surface area contributed by atoms with E-state index in [1.54, 1.807) is 24.4 Å². The Morgan fingerprint density at radius 3 is 2.61 bits per heavy atom. The van der Waals surface area contributed by atoms with Crippen molar-refractivity contribution in [3.63, 3.8) is 0 Å². The molecule has 5 nitrogen and oxygen atoms in total. The van der Waals surface area contributed by atoms with Gasteiger partial charge in [-0.3, -0.25) is 9.78 Å². The Balaban J connectivity index is 1.86. The van der Waals surface area contributed by atoms with Crippen LogP contribution in [0.4, 0.5) is 0 Å². The molecular formula is C18H20N2O3. The van der Waals surface area contributed by atoms with Crippen molar-refractivity contribution in [2.45, 2.75) is 37.5 Å². The molecule has 0 spiro atoms. The number of aliphatic hydroxyl groups excluding tert-OH is 2. The molecule has 23 heavy (non-hydrogen) atoms. The van der Waals surface area contributed by atoms with Crippen molar-refractivity contribution in [3.05, 3.63) is 65.5 Å². The standard InChI is InChI=1S/C18H20N2O3/c1-11-6-2-3-7-12(11)13-10-15(21)17(22)16(13)20-18(23)14-8-4-5-9-19-14/h2-9,13,15-17,21-22H,10H2,1H3,(H,20,23). The molecule has 3 N–H and O–H groups in total. The average Bonchev–Trinajstić information content (AvgIpc) is 2.84. The highest BCUT2D eigenvalue weighted by molar-refractivity contribution is 5.92. The van der Waals surface area contributed by atoms with Gasteiger partial charge in [-0.2, -0.15) is 0 Å². The molecule has 4 atom stereocenters. The molecule has 4 unspecified atom stereocenters. The fourth-order valence-corrected chi connectivity index (χ4v) is 3.26. The molecule has 120 valence electrons. The van der Waals surface area contributed by atoms with Crippen molar-refractivity contribution < 1.29 is 15.0 Å². The Morgan fingerprint density at radius 2 is 1.91 bits per heavy atom. The summed E-state index contributed by atoms with van der Waals surface area (Å²) in [4.78, 5) is 16.4. The van der Waals surface area contributed by atoms with Crippen molar-refractivity contribution in [3.8, 4) is 0 Å². The topological polar surface area (TPSA) is 82.5 Å². The summed E-state index contributed by atoms with van der Waals surface area (Å²) in [6.45, 7) is 1.99. The van der Waals surface area contributed by atoms with Crippen LogP contribution in [0.1, 0.15) is 34.0 Å². The molecule has 1 aromatic carbocycles. The third-order valence-electron chi connectivity index (χ3n) is 4.47. The van der Waals surface area contributed by atoms with Crippen molar-refractivity contribution in [2.24, 2.45) is 0 Å². The quantitative estimate of drug-likeness (QED) is 0.800. The monoisotopic (exact) mass is 312 g/mol. The van der Waals surface area contributed by atoms with Crippen LogP contribution in [0.15, 0.2) is 48.7 Å². The van der Waals surface area contributed by atoms with Gasteiger partial charge < -0.3 is 15.5 Å². The number of pyridine rings is 1. The van der Waals surface area contributed by atoms with Crippen molar-refractivity contribution in [1.82, 2.24) is 10.3 Å². The van der Waals surface area contributed by atoms with Gasteiger partial charge in [0.15, 0.2) is 0 Å². The number of hydrogen-bond acceptors (Lipinski definition) is 4. The van der Waals surface area contributed by atoms with E-state index in [0.29, 0.717) is 12.1 Å². The summed E-state index contributed by atoms with van der Waals surface area (Å²) in [6.07, 6.45) is 0.119. The minimum Gasteiger partial charge on any atom is -0.390 e. The maximum atomic E-state index is 12.3. The number of carbonyl (C=O) groups is 1. The van der Waals surface area contributed by atoms with Crippen molar-refractivity contribution in [1.29, 1.82) is 0 Å². The van der Waals surface area contributed by atoms with Gasteiger partial charge >= 0.3 is 0 Å². The summed E-state index contributed by atoms with van der Waals surface area (Å²) in [7, 11) is 0. The zero-order valence-corrected chi connectivity index (χ0v) is 12.9. The first-order valence-corrected chi connectivity index (χ1v) is 7.71. The second-order valence-electron chi connectivity index (χ2n) is 5.97. The zero-order valence-electron chi connectivity index (χ0n) is 12.9. The van der Waals surface area contributed by atoms with E-state index in [2.05, 4.69) is 10.3 Å². The largest absolute Gasteiger partial charge is 0.390 e. The molecule has 0 aliphatic heterocycles. The maximum Gasteiger partial charge on any atom is 0.270 e. The molecule has 2 aromatic rings. The minimum atomic E-state index is -0.993. The fourth-order valence-electron chi connectivity index (χ4n) is 3.26. The third kappa shape index (κ3) is 3.11. The van der Waals surface area contributed by atoms with E-state index >= 15 is 0 Å². The van der Waals surface area contributed by atoms with Crippen LogP contribution in [0.25, 0.3) is 0 Å². The number of hydrogen-bond donors (Lipinski definition) is 3. The highest BCUT2D eigenvalue weighted by atomic mass is 16.3. The first-order valence-electron chi connectivity index (χ1n) is 7.71. The number of aliphatic hydroxyl groups is 2. The molecule has 1 aliphatic rings. The van der Waals surface area contributed by atoms with Gasteiger partial charge in [0.05, 0.1) is 12.1 Å². The smallest absolute Gasteiger partial charge is 0.270 e. The lowest BCUT2D eigenvalue weighted by Gasteiger charge is -2.24. The van der Waals surface area contributed by atoms with Crippen molar-refractivity contribution >= 4 is 5.91 Å². The lowest BCUT2D eigenvalue weighted by atomic mass is 9.90. The summed E-state index contributed by atoms with van der Waals surface area (Å²) in [5, 5.41) is 23.2. The number of rotatable bonds is 3. The predicted octanol–water partition coefficient (Wildman–Crippen LogP) is 1.40. The third-order valence-corrected chi connectivity index (χ3v) is 4.47. The highest BCUT2D eigenvalue weighted by Gasteiger charge is 2.43. The summed E-state index contributed by atoms with van der Waals surface area (Å²) in [5.41, 5.74) is 2.41. The molecular weight excluding hydrogens is 292 g/mol. The van der Waals surface area contributed by atoms with Crippen LogP contribution in [0.3, 0.4) is 0 Å². The second kappa shape index (κ2) is 6.48. The number of benzene rings is 1. The van der Waals surface area contributed by atoms with Crippen molar-refractivity contribution in [2.75, 3.05) is 0 Å². The van der Waals surface area contributed by atoms with Crippen LogP contribution in [0.2, 0.25) is 0 Å². The van der Waals surface area contributed by atoms with E-state index < -0.39 is 18.2 Å². The first kappa shape index (κ1) is 15.6. The number of nitrogens with zero attached hydrogens (tertiary/aromatic N) is 1. The molecule has 1 aromatic heterocycles. The molecule has 1 heterocycles. The number of nitrogens with one attached hydrogen (secondary N) is 1. The second-order valence-corrected chi connectivity index (χ2v) is 5.97. The van der Waals surface area contributed by atoms with Crippen LogP contribution in [-0.4, -0.2) is 39.4 Å². The molecule has 1 aliphatic carbocycles. The van der Waals surface area contributed by atoms with Gasteiger partial charge in [0.25, 0.3) is 5.91 Å². The van der Waals surface area contributed by atoms with E-state index in [0.717, 1.165) is 11.1 Å². The molecule has 0 radical (unpaired) electrons. The number of aromatic nitrogens is 1. The molecule has 1 fully saturated rings. The van der Waals surface area contributed by atoms with Gasteiger partial charge in [-0.1, -0.05) is 30.3 Å². The highest BCUT2D eigenvalue weighted by Crippen LogP contribution is 2.36. The molecule has 1 saturated carbocycles. The average molecular weight is 312 g/mol. The Morgan fingerprint density at radius 1 is 1.17 bits per heavy atom. The summed E-state index contributed by atoms with van der Waals surface area (Å²) in [5.74, 6) is -0.476. The lowest BCUT2D eigenvalue weighted by Crippen LogP contribution is -2.45. The predicted molar refractivity (Wildman–Crippen MR) is 86.0 cm³/mol. The Labute approximate surface area is 135 Å². The lowest BCUT2D eigenvalue weighted by molar-refractivity contribution is 0.0294. The van der Waals surface area contributed by atoms with Gasteiger partial charge in [0.2, 0.25) is 0 Å². The normalized spacial score (nSPS) is 26.9. The van der Waals surface area contributed by atoms with E-state index in [4.69, 9.17) is 0 Å². The Hall–Kier alpha value is -2.24. The van der Waals surface area contributed by atoms with Gasteiger partial charge in [-0.05, 0) is 36.6 Å². The van der Waals surface area contributed by atoms with Crippen LogP contribution in [-0.2, 0) is 0 Å². The van der Waals surface area contributed by atoms with E-state index in [1.165, 1.54) is 0 Å². The minimum absolute atomic E-state index is 0.131. The Kier molecular flexibility index (Phi) is 4.41. The van der Waals surface area contributed by atoms with Gasteiger partial charge in [0.1, 0.15) is 11.8 Å². The molecule has 3 rings (SSSR count). The van der Waals surface area contributed by atoms with E-state index in [1.807, 2.05) is 31.2 Å². The van der Waals surface area contributed by atoms with Gasteiger partial charge in [0, 0.05) is 12.1 Å². The zero-order chi connectivity index (χ0) is 16.4. The molecule has 1 amide bonds. The van der Waals surface area contributed by atoms with Gasteiger partial charge in [-0.25, -0.2) is 0 Å². The van der Waals surface area contributed by atoms with E-state index in [9.17, 15) is 15.0 Å². The summed E-state index contributed by atoms with van der Waals surface area (Å²) in [6, 6.07) is 12.4. The van der Waals surface area contributed by atoms with Crippen LogP contribution >= 0.6 is 0 Å². The summed E-state index contributed by atoms with van der Waals surface area (Å²) >= 11 is 0. The van der Waals surface area contributed by atoms with Crippen LogP contribution < -0.4 is 5.32 Å². The van der Waals surface area contributed by atoms with Gasteiger partial charge in [-0.15, -0.1) is 0 Å². The maximum absolute atomic E-state index is 12.3. The number of aryl methyl sites for hydroxylation is 1. The van der Waals surface area contributed by atoms with Crippen LogP contribution in [0.5, 0.6) is 0 Å².